The van der Waals surface area contributed by atoms with Gasteiger partial charge in [0.25, 0.3) is 0 Å². The highest BCUT2D eigenvalue weighted by Crippen LogP contribution is 2.34. The van der Waals surface area contributed by atoms with Gasteiger partial charge in [-0.1, -0.05) is 23.7 Å². The number of fused-ring (bicyclic) bond motifs is 2. The lowest BCUT2D eigenvalue weighted by Crippen LogP contribution is -2.45. The van der Waals surface area contributed by atoms with Crippen molar-refractivity contribution < 1.29 is 9.18 Å². The van der Waals surface area contributed by atoms with Gasteiger partial charge in [-0.2, -0.15) is 0 Å². The van der Waals surface area contributed by atoms with Crippen molar-refractivity contribution in [1.29, 1.82) is 0 Å². The van der Waals surface area contributed by atoms with Crippen LogP contribution in [0.4, 0.5) is 10.1 Å². The Balaban J connectivity index is 1.38. The number of nitrogens with one attached hydrogen (secondary N) is 1. The number of carbonyl (C=O) groups is 1. The number of halogens is 2. The van der Waals surface area contributed by atoms with E-state index < -0.39 is 0 Å². The molecule has 0 unspecified atom stereocenters. The van der Waals surface area contributed by atoms with Gasteiger partial charge in [0.05, 0.1) is 5.69 Å². The molecule has 2 heterocycles. The summed E-state index contributed by atoms with van der Waals surface area (Å²) in [5, 5.41) is 3.68. The van der Waals surface area contributed by atoms with Crippen molar-refractivity contribution in [3.8, 4) is 0 Å². The van der Waals surface area contributed by atoms with Crippen molar-refractivity contribution in [2.45, 2.75) is 31.8 Å². The number of rotatable bonds is 4. The minimum Gasteiger partial charge on any atom is -0.354 e. The van der Waals surface area contributed by atoms with E-state index in [1.54, 1.807) is 12.1 Å². The van der Waals surface area contributed by atoms with Gasteiger partial charge in [0.1, 0.15) is 17.7 Å². The van der Waals surface area contributed by atoms with Crippen LogP contribution in [0.25, 0.3) is 0 Å². The molecule has 0 spiro atoms. The van der Waals surface area contributed by atoms with E-state index in [2.05, 4.69) is 15.2 Å². The third kappa shape index (κ3) is 3.44. The first-order valence-electron chi connectivity index (χ1n) is 8.75. The van der Waals surface area contributed by atoms with Crippen molar-refractivity contribution in [1.82, 2.24) is 10.2 Å². The minimum absolute atomic E-state index is 0.0165. The SMILES string of the molecule is O=C(NCCc1ccc(F)cc1)[C@@H]1CCC2=Nc3ccc(Cl)cc3CN21. The van der Waals surface area contributed by atoms with Gasteiger partial charge in [0, 0.05) is 24.5 Å². The molecular weight excluding hydrogens is 353 g/mol. The second-order valence-electron chi connectivity index (χ2n) is 6.65. The summed E-state index contributed by atoms with van der Waals surface area (Å²) in [5.74, 6) is 0.738. The van der Waals surface area contributed by atoms with E-state index in [9.17, 15) is 9.18 Å². The van der Waals surface area contributed by atoms with Gasteiger partial charge in [-0.15, -0.1) is 0 Å². The predicted molar refractivity (Wildman–Crippen MR) is 100 cm³/mol. The zero-order valence-corrected chi connectivity index (χ0v) is 15.0. The topological polar surface area (TPSA) is 44.7 Å². The highest BCUT2D eigenvalue weighted by Gasteiger charge is 2.36. The van der Waals surface area contributed by atoms with Crippen molar-refractivity contribution in [3.05, 3.63) is 64.4 Å². The number of hydrogen-bond donors (Lipinski definition) is 1. The molecular formula is C20H19ClFN3O. The normalized spacial score (nSPS) is 18.2. The fourth-order valence-electron chi connectivity index (χ4n) is 3.55. The van der Waals surface area contributed by atoms with Crippen molar-refractivity contribution in [3.63, 3.8) is 0 Å². The van der Waals surface area contributed by atoms with Crippen LogP contribution in [0.15, 0.2) is 47.5 Å². The van der Waals surface area contributed by atoms with Gasteiger partial charge in [0.15, 0.2) is 0 Å². The molecule has 2 aromatic carbocycles. The van der Waals surface area contributed by atoms with Gasteiger partial charge in [-0.25, -0.2) is 9.38 Å². The van der Waals surface area contributed by atoms with Crippen molar-refractivity contribution in [2.24, 2.45) is 4.99 Å². The second kappa shape index (κ2) is 7.08. The molecule has 6 heteroatoms. The first kappa shape index (κ1) is 17.0. The molecule has 26 heavy (non-hydrogen) atoms. The summed E-state index contributed by atoms with van der Waals surface area (Å²) >= 11 is 6.09. The van der Waals surface area contributed by atoms with E-state index in [-0.39, 0.29) is 17.8 Å². The van der Waals surface area contributed by atoms with Gasteiger partial charge >= 0.3 is 0 Å². The van der Waals surface area contributed by atoms with E-state index in [0.29, 0.717) is 24.5 Å². The number of amidine groups is 1. The Kier molecular flexibility index (Phi) is 4.64. The van der Waals surface area contributed by atoms with Crippen LogP contribution in [-0.4, -0.2) is 29.2 Å². The Morgan fingerprint density at radius 3 is 2.88 bits per heavy atom. The molecule has 1 amide bonds. The maximum atomic E-state index is 12.9. The van der Waals surface area contributed by atoms with E-state index in [0.717, 1.165) is 35.5 Å². The molecule has 1 fully saturated rings. The molecule has 0 aliphatic carbocycles. The molecule has 2 aliphatic rings. The van der Waals surface area contributed by atoms with Crippen LogP contribution in [0, 0.1) is 5.82 Å². The van der Waals surface area contributed by atoms with E-state index in [4.69, 9.17) is 11.6 Å². The average molecular weight is 372 g/mol. The lowest BCUT2D eigenvalue weighted by atomic mass is 10.1. The molecule has 1 N–H and O–H groups in total. The molecule has 1 atom stereocenters. The zero-order valence-electron chi connectivity index (χ0n) is 14.2. The fourth-order valence-corrected chi connectivity index (χ4v) is 3.75. The summed E-state index contributed by atoms with van der Waals surface area (Å²) < 4.78 is 12.9. The van der Waals surface area contributed by atoms with Gasteiger partial charge in [0.2, 0.25) is 5.91 Å². The zero-order chi connectivity index (χ0) is 18.1. The molecule has 134 valence electrons. The highest BCUT2D eigenvalue weighted by molar-refractivity contribution is 6.30. The summed E-state index contributed by atoms with van der Waals surface area (Å²) in [6.45, 7) is 1.19. The van der Waals surface area contributed by atoms with Crippen molar-refractivity contribution >= 4 is 29.0 Å². The monoisotopic (exact) mass is 371 g/mol. The van der Waals surface area contributed by atoms with Gasteiger partial charge in [-0.05, 0) is 54.3 Å². The second-order valence-corrected chi connectivity index (χ2v) is 7.09. The largest absolute Gasteiger partial charge is 0.354 e. The van der Waals surface area contributed by atoms with Crippen LogP contribution in [0.2, 0.25) is 5.02 Å². The minimum atomic E-state index is -0.249. The van der Waals surface area contributed by atoms with Crippen LogP contribution in [0.1, 0.15) is 24.0 Å². The molecule has 0 saturated carbocycles. The Hall–Kier alpha value is -2.40. The first-order valence-corrected chi connectivity index (χ1v) is 9.13. The molecule has 4 rings (SSSR count). The number of benzene rings is 2. The van der Waals surface area contributed by atoms with Crippen LogP contribution in [0.5, 0.6) is 0 Å². The Morgan fingerprint density at radius 1 is 1.27 bits per heavy atom. The highest BCUT2D eigenvalue weighted by atomic mass is 35.5. The Labute approximate surface area is 156 Å². The maximum absolute atomic E-state index is 12.9. The lowest BCUT2D eigenvalue weighted by molar-refractivity contribution is -0.124. The number of carbonyl (C=O) groups excluding carboxylic acids is 1. The Bertz CT molecular complexity index is 866. The molecule has 2 aliphatic heterocycles. The molecule has 4 nitrogen and oxygen atoms in total. The molecule has 0 aromatic heterocycles. The van der Waals surface area contributed by atoms with Crippen LogP contribution >= 0.6 is 11.6 Å². The number of nitrogens with zero attached hydrogens (tertiary/aromatic N) is 2. The number of aliphatic imine (C=N–C) groups is 1. The average Bonchev–Trinajstić information content (AvgIpc) is 3.04. The van der Waals surface area contributed by atoms with Crippen LogP contribution < -0.4 is 5.32 Å². The van der Waals surface area contributed by atoms with E-state index in [1.807, 2.05) is 18.2 Å². The van der Waals surface area contributed by atoms with Crippen LogP contribution in [0.3, 0.4) is 0 Å². The number of hydrogen-bond acceptors (Lipinski definition) is 3. The van der Waals surface area contributed by atoms with E-state index in [1.165, 1.54) is 12.1 Å². The van der Waals surface area contributed by atoms with E-state index >= 15 is 0 Å². The van der Waals surface area contributed by atoms with Gasteiger partial charge in [-0.3, -0.25) is 4.79 Å². The summed E-state index contributed by atoms with van der Waals surface area (Å²) in [5.41, 5.74) is 2.99. The maximum Gasteiger partial charge on any atom is 0.242 e. The number of amides is 1. The summed E-state index contributed by atoms with van der Waals surface area (Å²) in [6.07, 6.45) is 2.25. The molecule has 0 radical (unpaired) electrons. The summed E-state index contributed by atoms with van der Waals surface area (Å²) in [7, 11) is 0. The van der Waals surface area contributed by atoms with Crippen LogP contribution in [-0.2, 0) is 17.8 Å². The molecule has 2 aromatic rings. The van der Waals surface area contributed by atoms with Gasteiger partial charge < -0.3 is 10.2 Å². The smallest absolute Gasteiger partial charge is 0.242 e. The standard InChI is InChI=1S/C20H19ClFN3O/c21-15-3-6-17-14(11-15)12-25-18(7-8-19(25)24-17)20(26)23-10-9-13-1-4-16(22)5-2-13/h1-6,11,18H,7-10,12H2,(H,23,26)/t18-/m0/s1. The molecule has 1 saturated heterocycles. The fraction of sp³-hybridized carbons (Fsp3) is 0.300. The predicted octanol–water partition coefficient (Wildman–Crippen LogP) is 3.85. The third-order valence-corrected chi connectivity index (χ3v) is 5.14. The molecule has 0 bridgehead atoms. The Morgan fingerprint density at radius 2 is 2.08 bits per heavy atom. The third-order valence-electron chi connectivity index (χ3n) is 4.91. The lowest BCUT2D eigenvalue weighted by Gasteiger charge is -2.30. The quantitative estimate of drug-likeness (QED) is 0.887. The van der Waals surface area contributed by atoms with Crippen molar-refractivity contribution in [2.75, 3.05) is 6.54 Å². The first-order chi connectivity index (χ1) is 12.6. The summed E-state index contributed by atoms with van der Waals surface area (Å²) in [6, 6.07) is 11.8. The summed E-state index contributed by atoms with van der Waals surface area (Å²) in [4.78, 5) is 19.4.